The van der Waals surface area contributed by atoms with E-state index in [-0.39, 0.29) is 43.4 Å². The van der Waals surface area contributed by atoms with Crippen LogP contribution in [0.3, 0.4) is 0 Å². The molecule has 75 heavy (non-hydrogen) atoms. The number of aromatic nitrogens is 2. The molecule has 0 unspecified atom stereocenters. The van der Waals surface area contributed by atoms with E-state index in [4.69, 9.17) is 38.1 Å². The first-order valence-corrected chi connectivity index (χ1v) is 26.0. The molecule has 3 aromatic carbocycles. The second-order valence-corrected chi connectivity index (χ2v) is 21.0. The molecule has 0 spiro atoms. The number of rotatable bonds is 14. The molecular weight excluding hydrogens is 980 g/mol. The van der Waals surface area contributed by atoms with Crippen molar-refractivity contribution in [2.75, 3.05) is 57.1 Å². The Bertz CT molecular complexity index is 2860. The number of aromatic hydroxyl groups is 1. The number of nitrogens with zero attached hydrogens (tertiary/aromatic N) is 3. The first kappa shape index (κ1) is 52.9. The third kappa shape index (κ3) is 13.1. The monoisotopic (exact) mass is 1050 g/mol. The fourth-order valence-electron chi connectivity index (χ4n) is 9.83. The summed E-state index contributed by atoms with van der Waals surface area (Å²) in [5, 5.41) is 19.6. The number of piperidine rings is 2. The number of likely N-dealkylation sites (tertiary alicyclic amines) is 1. The van der Waals surface area contributed by atoms with Crippen LogP contribution in [-0.4, -0.2) is 90.4 Å². The van der Waals surface area contributed by atoms with Crippen molar-refractivity contribution in [1.82, 2.24) is 20.2 Å². The van der Waals surface area contributed by atoms with Gasteiger partial charge in [0.2, 0.25) is 0 Å². The fourth-order valence-corrected chi connectivity index (χ4v) is 9.83. The highest BCUT2D eigenvalue weighted by molar-refractivity contribution is 5.89. The topological polar surface area (TPSA) is 201 Å². The molecule has 6 heterocycles. The molecule has 17 nitrogen and oxygen atoms in total. The predicted molar refractivity (Wildman–Crippen MR) is 284 cm³/mol. The van der Waals surface area contributed by atoms with Crippen LogP contribution in [0, 0.1) is 11.8 Å². The van der Waals surface area contributed by atoms with Crippen molar-refractivity contribution in [1.29, 1.82) is 0 Å². The number of phenols is 1. The lowest BCUT2D eigenvalue weighted by Gasteiger charge is -2.35. The number of anilines is 2. The summed E-state index contributed by atoms with van der Waals surface area (Å²) in [7, 11) is 1.64. The largest absolute Gasteiger partial charge is 0.507 e. The van der Waals surface area contributed by atoms with Crippen LogP contribution in [0.2, 0.25) is 0 Å². The molecule has 3 amide bonds. The van der Waals surface area contributed by atoms with Crippen molar-refractivity contribution in [3.05, 3.63) is 101 Å². The Balaban J connectivity index is 0.000000198. The number of pyridine rings is 2. The highest BCUT2D eigenvalue weighted by Gasteiger charge is 2.34. The molecule has 398 valence electrons. The molecular formula is C57H67ClN6O11. The van der Waals surface area contributed by atoms with Crippen LogP contribution in [-0.2, 0) is 34.0 Å². The van der Waals surface area contributed by atoms with Crippen LogP contribution >= 0.6 is 12.4 Å². The molecule has 2 atom stereocenters. The standard InChI is InChI=1S/C35H41N3O7.C22H25N3O4.ClH/c1-35(2,3)45-34(40)38-16-6-7-24(18-38)26-17-28(36-32-27(26)21-44-33(39)37-32)31-29(42-19-22-10-11-22)8-5-9-30(31)43-20-23-12-14-25(41-4)15-13-23;26-18-4-1-5-19(28-11-13-6-7-13)20(18)17-9-15(14-3-2-8-23-10-14)16-12-29-22(27)25-21(16)24-17;/h5,8-9,12-15,17,22,24H,6-7,10-11,16,18-21H2,1-4H3,(H,36,37,39);1,4-5,9,13-14,23,26H,2-3,6-8,10-12H2,(H,24,25,27);1H/t24-;14-;/m00./s1. The van der Waals surface area contributed by atoms with E-state index in [0.29, 0.717) is 96.5 Å². The van der Waals surface area contributed by atoms with Gasteiger partial charge in [-0.15, -0.1) is 12.4 Å². The summed E-state index contributed by atoms with van der Waals surface area (Å²) in [6.07, 6.45) is 7.16. The lowest BCUT2D eigenvalue weighted by molar-refractivity contribution is 0.0197. The Labute approximate surface area is 443 Å². The summed E-state index contributed by atoms with van der Waals surface area (Å²) in [5.74, 6) is 5.21. The molecule has 0 radical (unpaired) electrons. The summed E-state index contributed by atoms with van der Waals surface area (Å²) < 4.78 is 40.4. The van der Waals surface area contributed by atoms with Crippen LogP contribution in [0.25, 0.3) is 22.5 Å². The quantitative estimate of drug-likeness (QED) is 0.0765. The molecule has 4 N–H and O–H groups in total. The second kappa shape index (κ2) is 23.3. The van der Waals surface area contributed by atoms with E-state index in [1.165, 1.54) is 12.8 Å². The number of hydrogen-bond donors (Lipinski definition) is 4. The third-order valence-corrected chi connectivity index (χ3v) is 14.1. The Morgan fingerprint density at radius 3 is 1.87 bits per heavy atom. The molecule has 2 saturated heterocycles. The Hall–Kier alpha value is -6.98. The molecule has 4 aliphatic heterocycles. The van der Waals surface area contributed by atoms with Crippen molar-refractivity contribution >= 4 is 42.3 Å². The van der Waals surface area contributed by atoms with E-state index < -0.39 is 17.8 Å². The van der Waals surface area contributed by atoms with Gasteiger partial charge in [-0.05, 0) is 162 Å². The number of amides is 3. The summed E-state index contributed by atoms with van der Waals surface area (Å²) in [6, 6.07) is 22.9. The number of halogens is 1. The van der Waals surface area contributed by atoms with Crippen molar-refractivity contribution < 1.29 is 52.6 Å². The Morgan fingerprint density at radius 1 is 0.733 bits per heavy atom. The van der Waals surface area contributed by atoms with Crippen molar-refractivity contribution in [2.24, 2.45) is 11.8 Å². The summed E-state index contributed by atoms with van der Waals surface area (Å²) in [4.78, 5) is 48.6. The average molecular weight is 1050 g/mol. The highest BCUT2D eigenvalue weighted by Crippen LogP contribution is 2.45. The van der Waals surface area contributed by atoms with Crippen LogP contribution < -0.4 is 34.9 Å². The minimum atomic E-state index is -0.586. The SMILES string of the molecule is COc1ccc(COc2cccc(OCC3CC3)c2-c2cc([C@H]3CCCN(C(=O)OC(C)(C)C)C3)c3c(n2)NC(=O)OC3)cc1.Cl.O=C1Nc2nc(-c3c(O)cccc3OCC3CC3)cc([C@H]3CCCNC3)c2CO1. The van der Waals surface area contributed by atoms with Gasteiger partial charge < -0.3 is 48.5 Å². The summed E-state index contributed by atoms with van der Waals surface area (Å²) in [5.41, 5.74) is 6.72. The number of phenolic OH excluding ortho intramolecular Hbond substituents is 1. The van der Waals surface area contributed by atoms with Gasteiger partial charge in [-0.1, -0.05) is 24.3 Å². The van der Waals surface area contributed by atoms with Gasteiger partial charge in [0.1, 0.15) is 65.8 Å². The molecule has 18 heteroatoms. The van der Waals surface area contributed by atoms with Gasteiger partial charge in [0.25, 0.3) is 0 Å². The predicted octanol–water partition coefficient (Wildman–Crippen LogP) is 11.5. The number of methoxy groups -OCH3 is 1. The van der Waals surface area contributed by atoms with Crippen molar-refractivity contribution in [2.45, 2.75) is 109 Å². The summed E-state index contributed by atoms with van der Waals surface area (Å²) in [6.45, 7) is 10.5. The zero-order valence-corrected chi connectivity index (χ0v) is 43.9. The average Bonchev–Trinajstić information content (AvgIpc) is 4.36. The van der Waals surface area contributed by atoms with Gasteiger partial charge in [-0.3, -0.25) is 10.6 Å². The van der Waals surface area contributed by atoms with Crippen molar-refractivity contribution in [3.63, 3.8) is 0 Å². The molecule has 5 aromatic rings. The van der Waals surface area contributed by atoms with Gasteiger partial charge in [0, 0.05) is 36.7 Å². The molecule has 6 aliphatic rings. The van der Waals surface area contributed by atoms with Crippen LogP contribution in [0.4, 0.5) is 26.0 Å². The van der Waals surface area contributed by atoms with Gasteiger partial charge in [-0.2, -0.15) is 0 Å². The number of benzene rings is 3. The zero-order valence-electron chi connectivity index (χ0n) is 43.0. The number of fused-ring (bicyclic) bond motifs is 2. The van der Waals surface area contributed by atoms with Gasteiger partial charge in [-0.25, -0.2) is 24.4 Å². The van der Waals surface area contributed by atoms with Gasteiger partial charge >= 0.3 is 18.3 Å². The highest BCUT2D eigenvalue weighted by atomic mass is 35.5. The Morgan fingerprint density at radius 2 is 1.29 bits per heavy atom. The second-order valence-electron chi connectivity index (χ2n) is 21.0. The normalized spacial score (nSPS) is 18.9. The zero-order chi connectivity index (χ0) is 51.3. The molecule has 2 saturated carbocycles. The molecule has 4 fully saturated rings. The number of ether oxygens (including phenoxy) is 7. The maximum absolute atomic E-state index is 13.0. The van der Waals surface area contributed by atoms with Gasteiger partial charge in [0.15, 0.2) is 0 Å². The van der Waals surface area contributed by atoms with Crippen LogP contribution in [0.5, 0.6) is 28.7 Å². The van der Waals surface area contributed by atoms with E-state index in [1.807, 2.05) is 81.4 Å². The molecule has 2 aliphatic carbocycles. The maximum Gasteiger partial charge on any atom is 0.413 e. The third-order valence-electron chi connectivity index (χ3n) is 14.1. The first-order valence-electron chi connectivity index (χ1n) is 26.0. The van der Waals surface area contributed by atoms with Crippen LogP contribution in [0.15, 0.2) is 72.8 Å². The summed E-state index contributed by atoms with van der Waals surface area (Å²) >= 11 is 0. The lowest BCUT2D eigenvalue weighted by atomic mass is 9.87. The van der Waals surface area contributed by atoms with E-state index in [1.54, 1.807) is 24.1 Å². The van der Waals surface area contributed by atoms with Crippen molar-refractivity contribution in [3.8, 4) is 51.3 Å². The number of cyclic esters (lactones) is 2. The number of hydrogen-bond acceptors (Lipinski definition) is 14. The van der Waals surface area contributed by atoms with E-state index in [0.717, 1.165) is 90.7 Å². The minimum Gasteiger partial charge on any atom is -0.507 e. The first-order chi connectivity index (χ1) is 35.8. The molecule has 0 bridgehead atoms. The number of carbonyl (C=O) groups is 3. The number of nitrogens with one attached hydrogen (secondary N) is 3. The van der Waals surface area contributed by atoms with E-state index in [2.05, 4.69) is 20.9 Å². The molecule has 2 aromatic heterocycles. The maximum atomic E-state index is 13.0. The minimum absolute atomic E-state index is 0. The van der Waals surface area contributed by atoms with E-state index in [9.17, 15) is 19.5 Å². The Kier molecular flexibility index (Phi) is 16.4. The number of carbonyl (C=O) groups excluding carboxylic acids is 3. The van der Waals surface area contributed by atoms with E-state index >= 15 is 0 Å². The molecule has 11 rings (SSSR count). The smallest absolute Gasteiger partial charge is 0.413 e. The lowest BCUT2D eigenvalue weighted by Crippen LogP contribution is -2.42. The van der Waals surface area contributed by atoms with Gasteiger partial charge in [0.05, 0.1) is 42.8 Å². The van der Waals surface area contributed by atoms with Crippen LogP contribution in [0.1, 0.15) is 112 Å². The fraction of sp³-hybridized carbons (Fsp3) is 0.456.